The van der Waals surface area contributed by atoms with Gasteiger partial charge in [-0.25, -0.2) is 0 Å². The number of nitriles is 1. The Morgan fingerprint density at radius 3 is 2.88 bits per heavy atom. The zero-order valence-corrected chi connectivity index (χ0v) is 18.8. The third-order valence-electron chi connectivity index (χ3n) is 5.62. The smallest absolute Gasteiger partial charge is 0.258 e. The number of hydrogen-bond donors (Lipinski definition) is 0. The molecule has 1 heterocycles. The van der Waals surface area contributed by atoms with Crippen molar-refractivity contribution in [1.29, 1.82) is 5.26 Å². The van der Waals surface area contributed by atoms with Crippen LogP contribution in [0.1, 0.15) is 49.9 Å². The van der Waals surface area contributed by atoms with Crippen LogP contribution in [0.25, 0.3) is 22.8 Å². The first-order valence-electron chi connectivity index (χ1n) is 10.7. The van der Waals surface area contributed by atoms with Crippen LogP contribution in [0.4, 0.5) is 0 Å². The molecule has 32 heavy (non-hydrogen) atoms. The minimum Gasteiger partial charge on any atom is -0.490 e. The number of ketones is 1. The van der Waals surface area contributed by atoms with Gasteiger partial charge in [0.15, 0.2) is 0 Å². The summed E-state index contributed by atoms with van der Waals surface area (Å²) in [6.45, 7) is 5.88. The Bertz CT molecular complexity index is 1190. The second kappa shape index (κ2) is 8.93. The summed E-state index contributed by atoms with van der Waals surface area (Å²) in [6, 6.07) is 13.8. The SMILES string of the molecule is CC(=O)CN(C)[C@H]1CCc2c(-c3noc(-c4ccc(OC(C)C)c(C#N)c4)n3)cccc21. The minimum atomic E-state index is -0.0264. The van der Waals surface area contributed by atoms with Crippen LogP contribution in [-0.2, 0) is 11.2 Å². The van der Waals surface area contributed by atoms with E-state index in [1.807, 2.05) is 39.1 Å². The molecule has 0 saturated carbocycles. The molecule has 4 rings (SSSR count). The molecule has 0 unspecified atom stereocenters. The molecule has 1 aliphatic carbocycles. The Morgan fingerprint density at radius 1 is 1.34 bits per heavy atom. The highest BCUT2D eigenvalue weighted by atomic mass is 16.5. The molecule has 0 fully saturated rings. The van der Waals surface area contributed by atoms with E-state index in [1.165, 1.54) is 11.1 Å². The average Bonchev–Trinajstić information content (AvgIpc) is 3.40. The van der Waals surface area contributed by atoms with E-state index < -0.39 is 0 Å². The average molecular weight is 431 g/mol. The molecule has 0 amide bonds. The highest BCUT2D eigenvalue weighted by Gasteiger charge is 2.29. The summed E-state index contributed by atoms with van der Waals surface area (Å²) in [5.41, 5.74) is 4.44. The van der Waals surface area contributed by atoms with Crippen molar-refractivity contribution in [3.05, 3.63) is 53.1 Å². The molecular weight excluding hydrogens is 404 g/mol. The molecule has 0 bridgehead atoms. The van der Waals surface area contributed by atoms with Gasteiger partial charge in [0.1, 0.15) is 17.6 Å². The summed E-state index contributed by atoms with van der Waals surface area (Å²) in [4.78, 5) is 18.3. The third kappa shape index (κ3) is 4.27. The van der Waals surface area contributed by atoms with E-state index in [2.05, 4.69) is 27.2 Å². The van der Waals surface area contributed by atoms with Crippen LogP contribution in [0.2, 0.25) is 0 Å². The van der Waals surface area contributed by atoms with E-state index in [-0.39, 0.29) is 17.9 Å². The van der Waals surface area contributed by atoms with Gasteiger partial charge in [0.2, 0.25) is 5.82 Å². The Balaban J connectivity index is 1.64. The summed E-state index contributed by atoms with van der Waals surface area (Å²) in [5.74, 6) is 1.57. The van der Waals surface area contributed by atoms with Gasteiger partial charge in [-0.15, -0.1) is 0 Å². The largest absolute Gasteiger partial charge is 0.490 e. The van der Waals surface area contributed by atoms with Crippen LogP contribution in [-0.4, -0.2) is 40.5 Å². The number of carbonyl (C=O) groups is 1. The molecule has 7 nitrogen and oxygen atoms in total. The maximum atomic E-state index is 11.6. The number of nitrogens with zero attached hydrogens (tertiary/aromatic N) is 4. The predicted molar refractivity (Wildman–Crippen MR) is 120 cm³/mol. The number of aromatic nitrogens is 2. The third-order valence-corrected chi connectivity index (χ3v) is 5.62. The molecule has 2 aromatic carbocycles. The van der Waals surface area contributed by atoms with E-state index in [9.17, 15) is 10.1 Å². The van der Waals surface area contributed by atoms with Crippen LogP contribution < -0.4 is 4.74 Å². The predicted octanol–water partition coefficient (Wildman–Crippen LogP) is 4.57. The standard InChI is InChI=1S/C25H26N4O3/c1-15(2)31-23-11-8-17(12-18(23)13-26)25-27-24(28-32-25)21-7-5-6-20-19(21)9-10-22(20)29(4)14-16(3)30/h5-8,11-12,15,22H,9-10,14H2,1-4H3/t22-/m0/s1. The van der Waals surface area contributed by atoms with Gasteiger partial charge in [0.25, 0.3) is 5.89 Å². The van der Waals surface area contributed by atoms with Crippen molar-refractivity contribution in [2.24, 2.45) is 0 Å². The number of benzene rings is 2. The van der Waals surface area contributed by atoms with Gasteiger partial charge in [-0.2, -0.15) is 10.2 Å². The van der Waals surface area contributed by atoms with Gasteiger partial charge in [-0.3, -0.25) is 9.69 Å². The summed E-state index contributed by atoms with van der Waals surface area (Å²) in [6.07, 6.45) is 1.81. The Morgan fingerprint density at radius 2 is 2.16 bits per heavy atom. The van der Waals surface area contributed by atoms with Crippen molar-refractivity contribution in [3.63, 3.8) is 0 Å². The second-order valence-electron chi connectivity index (χ2n) is 8.46. The number of Topliss-reactive ketones (excluding diaryl/α,β-unsaturated/α-hetero) is 1. The lowest BCUT2D eigenvalue weighted by atomic mass is 10.0. The van der Waals surface area contributed by atoms with Crippen molar-refractivity contribution in [2.45, 2.75) is 45.8 Å². The Kier molecular flexibility index (Phi) is 6.06. The number of likely N-dealkylation sites (N-methyl/N-ethyl adjacent to an activating group) is 1. The van der Waals surface area contributed by atoms with Gasteiger partial charge >= 0.3 is 0 Å². The van der Waals surface area contributed by atoms with E-state index in [1.54, 1.807) is 19.1 Å². The molecule has 0 radical (unpaired) electrons. The van der Waals surface area contributed by atoms with Gasteiger partial charge in [-0.1, -0.05) is 23.4 Å². The van der Waals surface area contributed by atoms with Crippen LogP contribution in [0.5, 0.6) is 5.75 Å². The number of hydrogen-bond acceptors (Lipinski definition) is 7. The first kappa shape index (κ1) is 21.7. The number of ether oxygens (including phenoxy) is 1. The fraction of sp³-hybridized carbons (Fsp3) is 0.360. The molecule has 7 heteroatoms. The van der Waals surface area contributed by atoms with Crippen LogP contribution >= 0.6 is 0 Å². The van der Waals surface area contributed by atoms with Crippen molar-refractivity contribution in [1.82, 2.24) is 15.0 Å². The van der Waals surface area contributed by atoms with Crippen molar-refractivity contribution < 1.29 is 14.1 Å². The zero-order chi connectivity index (χ0) is 22.8. The maximum absolute atomic E-state index is 11.6. The van der Waals surface area contributed by atoms with Crippen molar-refractivity contribution >= 4 is 5.78 Å². The molecule has 0 N–H and O–H groups in total. The first-order valence-corrected chi connectivity index (χ1v) is 10.7. The topological polar surface area (TPSA) is 92.3 Å². The summed E-state index contributed by atoms with van der Waals surface area (Å²) >= 11 is 0. The lowest BCUT2D eigenvalue weighted by molar-refractivity contribution is -0.118. The normalized spacial score (nSPS) is 15.1. The molecule has 0 saturated heterocycles. The molecule has 3 aromatic rings. The molecule has 164 valence electrons. The van der Waals surface area contributed by atoms with Gasteiger partial charge in [0.05, 0.1) is 18.2 Å². The van der Waals surface area contributed by atoms with Crippen molar-refractivity contribution in [2.75, 3.05) is 13.6 Å². The fourth-order valence-corrected chi connectivity index (χ4v) is 4.32. The summed E-state index contributed by atoms with van der Waals surface area (Å²) < 4.78 is 11.2. The van der Waals surface area contributed by atoms with Gasteiger partial charge in [0, 0.05) is 17.2 Å². The van der Waals surface area contributed by atoms with E-state index in [0.717, 1.165) is 18.4 Å². The Hall–Kier alpha value is -3.50. The van der Waals surface area contributed by atoms with Crippen LogP contribution in [0.3, 0.4) is 0 Å². The summed E-state index contributed by atoms with van der Waals surface area (Å²) in [7, 11) is 1.99. The first-order chi connectivity index (χ1) is 15.4. The summed E-state index contributed by atoms with van der Waals surface area (Å²) in [5, 5.41) is 13.7. The fourth-order valence-electron chi connectivity index (χ4n) is 4.32. The second-order valence-corrected chi connectivity index (χ2v) is 8.46. The molecular formula is C25H26N4O3. The zero-order valence-electron chi connectivity index (χ0n) is 18.8. The van der Waals surface area contributed by atoms with Gasteiger partial charge < -0.3 is 9.26 Å². The van der Waals surface area contributed by atoms with E-state index in [4.69, 9.17) is 9.26 Å². The Labute approximate surface area is 187 Å². The van der Waals surface area contributed by atoms with E-state index >= 15 is 0 Å². The maximum Gasteiger partial charge on any atom is 0.258 e. The molecule has 1 aliphatic rings. The quantitative estimate of drug-likeness (QED) is 0.542. The highest BCUT2D eigenvalue weighted by molar-refractivity contribution is 5.77. The van der Waals surface area contributed by atoms with Crippen LogP contribution in [0, 0.1) is 11.3 Å². The molecule has 1 atom stereocenters. The lowest BCUT2D eigenvalue weighted by Gasteiger charge is -2.24. The van der Waals surface area contributed by atoms with Crippen molar-refractivity contribution in [3.8, 4) is 34.7 Å². The van der Waals surface area contributed by atoms with Crippen LogP contribution in [0.15, 0.2) is 40.9 Å². The monoisotopic (exact) mass is 430 g/mol. The molecule has 0 spiro atoms. The number of rotatable bonds is 7. The number of carbonyl (C=O) groups excluding carboxylic acids is 1. The van der Waals surface area contributed by atoms with E-state index in [0.29, 0.717) is 35.1 Å². The number of fused-ring (bicyclic) bond motifs is 1. The minimum absolute atomic E-state index is 0.0264. The molecule has 0 aliphatic heterocycles. The molecule has 1 aromatic heterocycles. The van der Waals surface area contributed by atoms with Gasteiger partial charge in [-0.05, 0) is 70.0 Å². The highest BCUT2D eigenvalue weighted by Crippen LogP contribution is 2.40. The lowest BCUT2D eigenvalue weighted by Crippen LogP contribution is -2.27.